The molecule has 3 amide bonds. The predicted molar refractivity (Wildman–Crippen MR) is 107 cm³/mol. The molecule has 6 nitrogen and oxygen atoms in total. The van der Waals surface area contributed by atoms with E-state index in [0.29, 0.717) is 38.5 Å². The minimum absolute atomic E-state index is 0.0149. The second-order valence-electron chi connectivity index (χ2n) is 8.77. The molecule has 1 aromatic rings. The highest BCUT2D eigenvalue weighted by Crippen LogP contribution is 2.35. The first-order chi connectivity index (χ1) is 14.7. The molecule has 0 bridgehead atoms. The van der Waals surface area contributed by atoms with Gasteiger partial charge in [-0.05, 0) is 48.8 Å². The lowest BCUT2D eigenvalue weighted by Gasteiger charge is -2.43. The van der Waals surface area contributed by atoms with Crippen LogP contribution in [0.15, 0.2) is 24.3 Å². The monoisotopic (exact) mass is 439 g/mol. The summed E-state index contributed by atoms with van der Waals surface area (Å²) < 4.78 is 43.9. The van der Waals surface area contributed by atoms with E-state index in [0.717, 1.165) is 30.5 Å². The molecule has 3 fully saturated rings. The lowest BCUT2D eigenvalue weighted by molar-refractivity contribution is -0.140. The van der Waals surface area contributed by atoms with Gasteiger partial charge < -0.3 is 19.9 Å². The Morgan fingerprint density at radius 2 is 1.74 bits per heavy atom. The number of piperidine rings is 2. The molecule has 3 aliphatic heterocycles. The van der Waals surface area contributed by atoms with Gasteiger partial charge in [-0.3, -0.25) is 4.79 Å². The Labute approximate surface area is 179 Å². The molecule has 1 N–H and O–H groups in total. The van der Waals surface area contributed by atoms with E-state index < -0.39 is 11.7 Å². The zero-order chi connectivity index (χ0) is 22.2. The maximum atomic E-state index is 13.0. The van der Waals surface area contributed by atoms with Crippen LogP contribution in [0.2, 0.25) is 0 Å². The number of likely N-dealkylation sites (tertiary alicyclic amines) is 2. The first-order valence-electron chi connectivity index (χ1n) is 10.8. The van der Waals surface area contributed by atoms with Gasteiger partial charge in [-0.15, -0.1) is 0 Å². The molecule has 31 heavy (non-hydrogen) atoms. The lowest BCUT2D eigenvalue weighted by atomic mass is 9.81. The first kappa shape index (κ1) is 21.9. The number of carbonyl (C=O) groups excluding carboxylic acids is 2. The summed E-state index contributed by atoms with van der Waals surface area (Å²) in [7, 11) is 0. The summed E-state index contributed by atoms with van der Waals surface area (Å²) in [5.41, 5.74) is 0.264. The molecule has 0 radical (unpaired) electrons. The number of halogens is 3. The summed E-state index contributed by atoms with van der Waals surface area (Å²) >= 11 is 0. The van der Waals surface area contributed by atoms with E-state index in [-0.39, 0.29) is 36.6 Å². The average molecular weight is 439 g/mol. The van der Waals surface area contributed by atoms with Crippen molar-refractivity contribution in [2.45, 2.75) is 50.4 Å². The van der Waals surface area contributed by atoms with Crippen molar-refractivity contribution in [3.05, 3.63) is 35.4 Å². The molecule has 4 rings (SSSR count). The van der Waals surface area contributed by atoms with Crippen molar-refractivity contribution in [2.24, 2.45) is 5.92 Å². The summed E-state index contributed by atoms with van der Waals surface area (Å²) in [6.45, 7) is 4.44. The number of hydrogen-bond donors (Lipinski definition) is 1. The fourth-order valence-electron chi connectivity index (χ4n) is 4.91. The molecule has 3 unspecified atom stereocenters. The normalized spacial score (nSPS) is 26.3. The number of nitrogens with zero attached hydrogens (tertiary/aromatic N) is 2. The number of rotatable bonds is 2. The van der Waals surface area contributed by atoms with Crippen LogP contribution in [0.5, 0.6) is 0 Å². The summed E-state index contributed by atoms with van der Waals surface area (Å²) in [6, 6.07) is 5.24. The Morgan fingerprint density at radius 3 is 2.39 bits per heavy atom. The molecule has 0 aromatic heterocycles. The van der Waals surface area contributed by atoms with Crippen molar-refractivity contribution in [3.63, 3.8) is 0 Å². The van der Waals surface area contributed by atoms with Gasteiger partial charge >= 0.3 is 12.2 Å². The van der Waals surface area contributed by atoms with Crippen molar-refractivity contribution in [1.82, 2.24) is 15.1 Å². The zero-order valence-corrected chi connectivity index (χ0v) is 17.5. The Kier molecular flexibility index (Phi) is 6.14. The van der Waals surface area contributed by atoms with E-state index >= 15 is 0 Å². The zero-order valence-electron chi connectivity index (χ0n) is 17.5. The van der Waals surface area contributed by atoms with Crippen molar-refractivity contribution in [2.75, 3.05) is 32.8 Å². The molecule has 3 aliphatic rings. The van der Waals surface area contributed by atoms with Gasteiger partial charge in [0, 0.05) is 26.2 Å². The number of urea groups is 1. The third kappa shape index (κ3) is 4.81. The molecule has 3 saturated heterocycles. The van der Waals surface area contributed by atoms with E-state index in [9.17, 15) is 22.8 Å². The topological polar surface area (TPSA) is 61.9 Å². The number of hydrogen-bond acceptors (Lipinski definition) is 3. The van der Waals surface area contributed by atoms with Crippen LogP contribution >= 0.6 is 0 Å². The van der Waals surface area contributed by atoms with Crippen LogP contribution in [0.4, 0.5) is 18.0 Å². The number of morpholine rings is 1. The molecule has 170 valence electrons. The number of nitrogens with one attached hydrogen (secondary N) is 1. The highest BCUT2D eigenvalue weighted by atomic mass is 19.4. The molecule has 3 heterocycles. The number of alkyl halides is 3. The Balaban J connectivity index is 1.30. The van der Waals surface area contributed by atoms with E-state index in [2.05, 4.69) is 5.32 Å². The number of amides is 3. The van der Waals surface area contributed by atoms with Crippen LogP contribution in [0.3, 0.4) is 0 Å². The summed E-state index contributed by atoms with van der Waals surface area (Å²) in [4.78, 5) is 28.2. The van der Waals surface area contributed by atoms with Crippen LogP contribution in [0.1, 0.15) is 43.2 Å². The van der Waals surface area contributed by atoms with Crippen LogP contribution < -0.4 is 5.32 Å². The van der Waals surface area contributed by atoms with Crippen molar-refractivity contribution >= 4 is 11.9 Å². The highest BCUT2D eigenvalue weighted by molar-refractivity contribution is 5.79. The first-order valence-corrected chi connectivity index (χ1v) is 10.8. The summed E-state index contributed by atoms with van der Waals surface area (Å²) in [6.07, 6.45) is -2.02. The standard InChI is InChI=1S/C22H28F3N3O3/c1-14(15-2-4-17(5-3-15)22(23,24)25)16-6-9-27(10-7-16)21(30)28-11-8-19-18(12-28)26-20(29)13-31-19/h2-5,14,16,18-19H,6-13H2,1H3,(H,26,29). The van der Waals surface area contributed by atoms with Crippen LogP contribution in [0.25, 0.3) is 0 Å². The molecule has 0 spiro atoms. The van der Waals surface area contributed by atoms with Crippen molar-refractivity contribution < 1.29 is 27.5 Å². The number of benzene rings is 1. The van der Waals surface area contributed by atoms with Crippen LogP contribution in [-0.2, 0) is 15.7 Å². The predicted octanol–water partition coefficient (Wildman–Crippen LogP) is 3.23. The maximum Gasteiger partial charge on any atom is 0.416 e. The smallest absolute Gasteiger partial charge is 0.366 e. The fraction of sp³-hybridized carbons (Fsp3) is 0.636. The van der Waals surface area contributed by atoms with E-state index in [1.54, 1.807) is 17.0 Å². The third-order valence-electron chi connectivity index (χ3n) is 6.88. The van der Waals surface area contributed by atoms with E-state index in [4.69, 9.17) is 4.74 Å². The number of fused-ring (bicyclic) bond motifs is 1. The minimum atomic E-state index is -4.32. The number of carbonyl (C=O) groups is 2. The Morgan fingerprint density at radius 1 is 1.10 bits per heavy atom. The Hall–Kier alpha value is -2.29. The van der Waals surface area contributed by atoms with Gasteiger partial charge in [0.2, 0.25) is 5.91 Å². The summed E-state index contributed by atoms with van der Waals surface area (Å²) in [5.74, 6) is 0.302. The van der Waals surface area contributed by atoms with Gasteiger partial charge in [0.05, 0.1) is 17.7 Å². The van der Waals surface area contributed by atoms with Crippen LogP contribution in [-0.4, -0.2) is 66.7 Å². The van der Waals surface area contributed by atoms with E-state index in [1.807, 2.05) is 11.8 Å². The fourth-order valence-corrected chi connectivity index (χ4v) is 4.91. The van der Waals surface area contributed by atoms with Gasteiger partial charge in [0.15, 0.2) is 0 Å². The van der Waals surface area contributed by atoms with Crippen molar-refractivity contribution in [3.8, 4) is 0 Å². The molecule has 1 aromatic carbocycles. The summed E-state index contributed by atoms with van der Waals surface area (Å²) in [5, 5.41) is 2.91. The lowest BCUT2D eigenvalue weighted by Crippen LogP contribution is -2.62. The number of ether oxygens (including phenoxy) is 1. The molecular weight excluding hydrogens is 411 g/mol. The van der Waals surface area contributed by atoms with E-state index in [1.165, 1.54) is 0 Å². The molecule has 0 aliphatic carbocycles. The molecule has 9 heteroatoms. The second-order valence-corrected chi connectivity index (χ2v) is 8.77. The molecule has 3 atom stereocenters. The van der Waals surface area contributed by atoms with Gasteiger partial charge in [0.25, 0.3) is 0 Å². The van der Waals surface area contributed by atoms with Gasteiger partial charge in [-0.1, -0.05) is 19.1 Å². The van der Waals surface area contributed by atoms with Crippen LogP contribution in [0, 0.1) is 5.92 Å². The highest BCUT2D eigenvalue weighted by Gasteiger charge is 2.38. The SMILES string of the molecule is CC(c1ccc(C(F)(F)F)cc1)C1CCN(C(=O)N2CCC3OCC(=O)NC3C2)CC1. The van der Waals surface area contributed by atoms with Gasteiger partial charge in [-0.25, -0.2) is 4.79 Å². The quantitative estimate of drug-likeness (QED) is 0.770. The largest absolute Gasteiger partial charge is 0.416 e. The molecular formula is C22H28F3N3O3. The van der Waals surface area contributed by atoms with Gasteiger partial charge in [-0.2, -0.15) is 13.2 Å². The third-order valence-corrected chi connectivity index (χ3v) is 6.88. The van der Waals surface area contributed by atoms with Crippen molar-refractivity contribution in [1.29, 1.82) is 0 Å². The average Bonchev–Trinajstić information content (AvgIpc) is 2.77. The second kappa shape index (κ2) is 8.68. The maximum absolute atomic E-state index is 13.0. The molecule has 0 saturated carbocycles. The van der Waals surface area contributed by atoms with Gasteiger partial charge in [0.1, 0.15) is 6.61 Å². The Bertz CT molecular complexity index is 806. The minimum Gasteiger partial charge on any atom is -0.366 e.